The van der Waals surface area contributed by atoms with Gasteiger partial charge in [-0.2, -0.15) is 5.10 Å². The van der Waals surface area contributed by atoms with Crippen LogP contribution in [0.25, 0.3) is 11.3 Å². The van der Waals surface area contributed by atoms with Crippen molar-refractivity contribution in [2.45, 2.75) is 19.4 Å². The lowest BCUT2D eigenvalue weighted by atomic mass is 10.1. The summed E-state index contributed by atoms with van der Waals surface area (Å²) >= 11 is 3.64. The van der Waals surface area contributed by atoms with Crippen LogP contribution in [0.5, 0.6) is 0 Å². The summed E-state index contributed by atoms with van der Waals surface area (Å²) in [7, 11) is 0. The molecule has 3 heterocycles. The molecule has 1 N–H and O–H groups in total. The smallest absolute Gasteiger partial charge is 0.345 e. The van der Waals surface area contributed by atoms with Gasteiger partial charge >= 0.3 is 5.97 Å². The molecule has 0 spiro atoms. The number of fused-ring (bicyclic) bond motifs is 3. The van der Waals surface area contributed by atoms with Crippen LogP contribution in [0.1, 0.15) is 21.0 Å². The normalized spacial score (nSPS) is 13.9. The molecule has 2 aromatic heterocycles. The molecule has 4 nitrogen and oxygen atoms in total. The maximum Gasteiger partial charge on any atom is 0.345 e. The monoisotopic (exact) mass is 360 g/mol. The van der Waals surface area contributed by atoms with Crippen molar-refractivity contribution in [3.63, 3.8) is 0 Å². The molecular formula is C11H9IN2O2S. The fourth-order valence-corrected chi connectivity index (χ4v) is 3.84. The van der Waals surface area contributed by atoms with Crippen LogP contribution in [0.2, 0.25) is 0 Å². The summed E-state index contributed by atoms with van der Waals surface area (Å²) in [5.41, 5.74) is 2.12. The largest absolute Gasteiger partial charge is 0.477 e. The highest BCUT2D eigenvalue weighted by Crippen LogP contribution is 2.37. The van der Waals surface area contributed by atoms with E-state index >= 15 is 0 Å². The van der Waals surface area contributed by atoms with Gasteiger partial charge in [0.2, 0.25) is 0 Å². The molecule has 0 atom stereocenters. The molecule has 17 heavy (non-hydrogen) atoms. The van der Waals surface area contributed by atoms with Gasteiger partial charge in [0.1, 0.15) is 4.88 Å². The maximum absolute atomic E-state index is 11.0. The molecule has 0 unspecified atom stereocenters. The first kappa shape index (κ1) is 11.2. The summed E-state index contributed by atoms with van der Waals surface area (Å²) in [6.07, 6.45) is 3.78. The second-order valence-electron chi connectivity index (χ2n) is 3.92. The predicted octanol–water partition coefficient (Wildman–Crippen LogP) is 2.86. The van der Waals surface area contributed by atoms with Crippen LogP contribution < -0.4 is 0 Å². The molecule has 0 amide bonds. The lowest BCUT2D eigenvalue weighted by Gasteiger charge is -2.02. The number of thiophene rings is 1. The fourth-order valence-electron chi connectivity index (χ4n) is 2.11. The second-order valence-corrected chi connectivity index (χ2v) is 6.22. The molecule has 1 aliphatic rings. The van der Waals surface area contributed by atoms with E-state index in [4.69, 9.17) is 5.11 Å². The molecule has 0 fully saturated rings. The quantitative estimate of drug-likeness (QED) is 0.796. The van der Waals surface area contributed by atoms with E-state index in [2.05, 4.69) is 27.7 Å². The van der Waals surface area contributed by atoms with Gasteiger partial charge in [0.25, 0.3) is 0 Å². The summed E-state index contributed by atoms with van der Waals surface area (Å²) in [5.74, 6) is -0.843. The molecule has 0 aliphatic carbocycles. The van der Waals surface area contributed by atoms with Gasteiger partial charge in [-0.1, -0.05) is 0 Å². The summed E-state index contributed by atoms with van der Waals surface area (Å²) < 4.78 is 3.06. The Morgan fingerprint density at radius 2 is 2.41 bits per heavy atom. The van der Waals surface area contributed by atoms with Crippen molar-refractivity contribution in [3.05, 3.63) is 25.6 Å². The molecule has 0 radical (unpaired) electrons. The third kappa shape index (κ3) is 1.79. The highest BCUT2D eigenvalue weighted by molar-refractivity contribution is 14.1. The SMILES string of the molecule is O=C(O)c1cc2c(s1)CCCn1ncc(I)c1-2. The highest BCUT2D eigenvalue weighted by atomic mass is 127. The van der Waals surface area contributed by atoms with E-state index in [0.717, 1.165) is 34.2 Å². The molecule has 6 heteroatoms. The van der Waals surface area contributed by atoms with Crippen LogP contribution in [-0.2, 0) is 13.0 Å². The topological polar surface area (TPSA) is 55.1 Å². The van der Waals surface area contributed by atoms with Crippen molar-refractivity contribution >= 4 is 39.9 Å². The molecule has 88 valence electrons. The van der Waals surface area contributed by atoms with Gasteiger partial charge in [-0.05, 0) is 41.5 Å². The fraction of sp³-hybridized carbons (Fsp3) is 0.273. The van der Waals surface area contributed by atoms with Gasteiger partial charge in [-0.25, -0.2) is 4.79 Å². The van der Waals surface area contributed by atoms with Crippen LogP contribution in [0.3, 0.4) is 0 Å². The maximum atomic E-state index is 11.0. The minimum Gasteiger partial charge on any atom is -0.477 e. The zero-order valence-corrected chi connectivity index (χ0v) is 11.8. The van der Waals surface area contributed by atoms with E-state index < -0.39 is 5.97 Å². The van der Waals surface area contributed by atoms with Crippen molar-refractivity contribution in [2.24, 2.45) is 0 Å². The number of hydrogen-bond donors (Lipinski definition) is 1. The van der Waals surface area contributed by atoms with Crippen LogP contribution in [-0.4, -0.2) is 20.9 Å². The lowest BCUT2D eigenvalue weighted by molar-refractivity contribution is 0.0702. The number of carboxylic acid groups (broad SMARTS) is 1. The molecule has 0 aromatic carbocycles. The van der Waals surface area contributed by atoms with Gasteiger partial charge in [0, 0.05) is 17.0 Å². The Hall–Kier alpha value is -0.890. The Morgan fingerprint density at radius 3 is 3.18 bits per heavy atom. The predicted molar refractivity (Wildman–Crippen MR) is 73.5 cm³/mol. The van der Waals surface area contributed by atoms with E-state index in [0.29, 0.717) is 4.88 Å². The molecule has 2 aromatic rings. The van der Waals surface area contributed by atoms with E-state index in [1.165, 1.54) is 16.2 Å². The molecule has 0 saturated heterocycles. The number of aromatic nitrogens is 2. The average molecular weight is 360 g/mol. The second kappa shape index (κ2) is 4.09. The van der Waals surface area contributed by atoms with Crippen LogP contribution >= 0.6 is 33.9 Å². The van der Waals surface area contributed by atoms with Crippen molar-refractivity contribution in [1.29, 1.82) is 0 Å². The number of aromatic carboxylic acids is 1. The number of nitrogens with zero attached hydrogens (tertiary/aromatic N) is 2. The average Bonchev–Trinajstić information content (AvgIpc) is 2.80. The summed E-state index contributed by atoms with van der Waals surface area (Å²) in [6, 6.07) is 1.78. The minimum atomic E-state index is -0.843. The number of carbonyl (C=O) groups is 1. The van der Waals surface area contributed by atoms with E-state index in [1.807, 2.05) is 10.9 Å². The summed E-state index contributed by atoms with van der Waals surface area (Å²) in [6.45, 7) is 0.905. The van der Waals surface area contributed by atoms with Gasteiger partial charge in [0.15, 0.2) is 0 Å². The Balaban J connectivity index is 2.23. The zero-order chi connectivity index (χ0) is 12.0. The molecule has 1 aliphatic heterocycles. The standard InChI is InChI=1S/C11H9IN2O2S/c12-7-5-13-14-3-1-2-8-6(10(7)14)4-9(17-8)11(15)16/h4-5H,1-3H2,(H,15,16). The third-order valence-corrected chi connectivity index (χ3v) is 4.82. The number of hydrogen-bond acceptors (Lipinski definition) is 3. The third-order valence-electron chi connectivity index (χ3n) is 2.84. The van der Waals surface area contributed by atoms with Crippen LogP contribution in [0.15, 0.2) is 12.3 Å². The van der Waals surface area contributed by atoms with Crippen molar-refractivity contribution < 1.29 is 9.90 Å². The van der Waals surface area contributed by atoms with Gasteiger partial charge in [-0.15, -0.1) is 11.3 Å². The first-order chi connectivity index (χ1) is 8.16. The van der Waals surface area contributed by atoms with Gasteiger partial charge < -0.3 is 5.11 Å². The minimum absolute atomic E-state index is 0.417. The highest BCUT2D eigenvalue weighted by Gasteiger charge is 2.22. The Morgan fingerprint density at radius 1 is 1.59 bits per heavy atom. The Kier molecular flexibility index (Phi) is 2.70. The number of rotatable bonds is 1. The molecule has 0 bridgehead atoms. The van der Waals surface area contributed by atoms with Gasteiger partial charge in [0.05, 0.1) is 15.5 Å². The molecule has 0 saturated carbocycles. The van der Waals surface area contributed by atoms with Crippen molar-refractivity contribution in [3.8, 4) is 11.3 Å². The number of aryl methyl sites for hydroxylation is 2. The number of carboxylic acids is 1. The zero-order valence-electron chi connectivity index (χ0n) is 8.81. The lowest BCUT2D eigenvalue weighted by Crippen LogP contribution is -2.00. The van der Waals surface area contributed by atoms with Crippen molar-refractivity contribution in [1.82, 2.24) is 9.78 Å². The van der Waals surface area contributed by atoms with Crippen LogP contribution in [0.4, 0.5) is 0 Å². The first-order valence-electron chi connectivity index (χ1n) is 5.24. The van der Waals surface area contributed by atoms with E-state index in [9.17, 15) is 4.79 Å². The number of halogens is 1. The van der Waals surface area contributed by atoms with Gasteiger partial charge in [-0.3, -0.25) is 4.68 Å². The van der Waals surface area contributed by atoms with Crippen molar-refractivity contribution in [2.75, 3.05) is 0 Å². The Labute approximate surface area is 115 Å². The van der Waals surface area contributed by atoms with Crippen LogP contribution in [0, 0.1) is 3.57 Å². The van der Waals surface area contributed by atoms with E-state index in [1.54, 1.807) is 6.07 Å². The Bertz CT molecular complexity index is 603. The van der Waals surface area contributed by atoms with E-state index in [-0.39, 0.29) is 0 Å². The summed E-state index contributed by atoms with van der Waals surface area (Å²) in [4.78, 5) is 12.6. The summed E-state index contributed by atoms with van der Waals surface area (Å²) in [5, 5.41) is 13.4. The first-order valence-corrected chi connectivity index (χ1v) is 7.14. The molecular weight excluding hydrogens is 351 g/mol. The molecule has 3 rings (SSSR count).